The summed E-state index contributed by atoms with van der Waals surface area (Å²) in [5, 5.41) is 23.9. The maximum Gasteiger partial charge on any atom is 0.294 e. The van der Waals surface area contributed by atoms with Gasteiger partial charge in [0.1, 0.15) is 28.7 Å². The lowest BCUT2D eigenvalue weighted by atomic mass is 10.1. The fourth-order valence-electron chi connectivity index (χ4n) is 5.64. The van der Waals surface area contributed by atoms with Crippen LogP contribution in [0.15, 0.2) is 190 Å². The molecule has 0 unspecified atom stereocenters. The van der Waals surface area contributed by atoms with E-state index >= 15 is 0 Å². The molecule has 18 nitrogen and oxygen atoms in total. The summed E-state index contributed by atoms with van der Waals surface area (Å²) in [6.45, 7) is 3.66. The number of nitrogen functional groups attached to an aromatic ring is 1. The normalized spacial score (nSPS) is 10.9. The molecule has 1 heterocycles. The molecular formula is C48H45N9O9S2. The lowest BCUT2D eigenvalue weighted by Crippen LogP contribution is -2.27. The number of hydrogen-bond acceptors (Lipinski definition) is 11. The Balaban J connectivity index is 0.000000319. The third kappa shape index (κ3) is 15.9. The van der Waals surface area contributed by atoms with Gasteiger partial charge < -0.3 is 26.2 Å². The first-order valence-electron chi connectivity index (χ1n) is 20.1. The molecule has 348 valence electrons. The molecular weight excluding hydrogens is 911 g/mol. The molecule has 68 heavy (non-hydrogen) atoms. The summed E-state index contributed by atoms with van der Waals surface area (Å²) >= 11 is 0. The number of carbonyl (C=O) groups is 3. The number of pyridine rings is 1. The Bertz CT molecular complexity index is 3060. The van der Waals surface area contributed by atoms with Gasteiger partial charge >= 0.3 is 0 Å². The van der Waals surface area contributed by atoms with Gasteiger partial charge in [0, 0.05) is 39.7 Å². The van der Waals surface area contributed by atoms with E-state index in [2.05, 4.69) is 31.7 Å². The van der Waals surface area contributed by atoms with E-state index in [1.165, 1.54) is 24.3 Å². The fraction of sp³-hybridized carbons (Fsp3) is 0.0625. The largest absolute Gasteiger partial charge is 0.744 e. The van der Waals surface area contributed by atoms with Crippen LogP contribution >= 0.6 is 0 Å². The minimum Gasteiger partial charge on any atom is -0.744 e. The number of amidine groups is 1. The van der Waals surface area contributed by atoms with Gasteiger partial charge in [0.05, 0.1) is 21.2 Å². The smallest absolute Gasteiger partial charge is 0.294 e. The van der Waals surface area contributed by atoms with Crippen LogP contribution in [-0.2, 0) is 27.3 Å². The summed E-state index contributed by atoms with van der Waals surface area (Å²) < 4.78 is 62.5. The number of amides is 3. The van der Waals surface area contributed by atoms with Gasteiger partial charge in [0.25, 0.3) is 27.8 Å². The second-order valence-electron chi connectivity index (χ2n) is 14.7. The lowest BCUT2D eigenvalue weighted by molar-refractivity contribution is -0.670. The van der Waals surface area contributed by atoms with Crippen molar-refractivity contribution in [2.45, 2.75) is 23.6 Å². The number of rotatable bonds is 12. The topological polar surface area (TPSA) is 289 Å². The summed E-state index contributed by atoms with van der Waals surface area (Å²) in [4.78, 5) is 37.8. The van der Waals surface area contributed by atoms with Gasteiger partial charge in [0.2, 0.25) is 0 Å². The molecule has 0 saturated carbocycles. The van der Waals surface area contributed by atoms with Gasteiger partial charge in [-0.2, -0.15) is 8.42 Å². The molecule has 7 aromatic rings. The van der Waals surface area contributed by atoms with E-state index in [1.54, 1.807) is 134 Å². The summed E-state index contributed by atoms with van der Waals surface area (Å²) in [5.41, 5.74) is 15.0. The number of hydrogen-bond donors (Lipinski definition) is 7. The molecule has 0 aliphatic carbocycles. The molecule has 0 bridgehead atoms. The highest BCUT2D eigenvalue weighted by Gasteiger charge is 2.13. The van der Waals surface area contributed by atoms with Crippen molar-refractivity contribution in [1.82, 2.24) is 0 Å². The molecule has 0 atom stereocenters. The predicted octanol–water partition coefficient (Wildman–Crippen LogP) is 7.80. The van der Waals surface area contributed by atoms with Gasteiger partial charge in [-0.1, -0.05) is 40.6 Å². The van der Waals surface area contributed by atoms with Crippen LogP contribution in [-0.4, -0.2) is 49.5 Å². The third-order valence-electron chi connectivity index (χ3n) is 9.31. The quantitative estimate of drug-likeness (QED) is 0.0155. The van der Waals surface area contributed by atoms with E-state index in [4.69, 9.17) is 15.7 Å². The van der Waals surface area contributed by atoms with Crippen LogP contribution in [0.25, 0.3) is 0 Å². The molecule has 8 N–H and O–H groups in total. The first kappa shape index (κ1) is 50.6. The van der Waals surface area contributed by atoms with Gasteiger partial charge in [0.15, 0.2) is 12.4 Å². The monoisotopic (exact) mass is 955 g/mol. The Kier molecular flexibility index (Phi) is 17.2. The maximum absolute atomic E-state index is 12.8. The van der Waals surface area contributed by atoms with Gasteiger partial charge in [-0.25, -0.2) is 13.0 Å². The van der Waals surface area contributed by atoms with E-state index < -0.39 is 20.2 Å². The first-order valence-corrected chi connectivity index (χ1v) is 23.0. The number of nitrogens with one attached hydrogen (secondary N) is 5. The first-order chi connectivity index (χ1) is 32.2. The molecule has 0 aliphatic rings. The number of anilines is 4. The molecule has 0 spiro atoms. The number of aromatic nitrogens is 1. The fourth-order valence-corrected chi connectivity index (χ4v) is 6.59. The molecule has 3 amide bonds. The van der Waals surface area contributed by atoms with Crippen molar-refractivity contribution in [3.63, 3.8) is 0 Å². The van der Waals surface area contributed by atoms with Crippen LogP contribution in [0, 0.1) is 19.3 Å². The van der Waals surface area contributed by atoms with Gasteiger partial charge in [-0.05, 0) is 141 Å². The SMILES string of the molecule is C[n+]1cccc(NC(=O)c2ccc(C(=O)Nc3ccc(C(=O)Nc4ccc(N=NNc5ccc(C(=N)N)cc5)cc4)cc3)cc2)c1.Cc1ccc(S(=O)(=O)O)cc1.Cc1ccc(S(=O)(=O)[O-])cc1. The third-order valence-corrected chi connectivity index (χ3v) is 11.0. The van der Waals surface area contributed by atoms with Crippen molar-refractivity contribution >= 4 is 72.2 Å². The van der Waals surface area contributed by atoms with Crippen LogP contribution in [0.3, 0.4) is 0 Å². The second kappa shape index (κ2) is 23.2. The maximum atomic E-state index is 12.8. The van der Waals surface area contributed by atoms with E-state index in [0.717, 1.165) is 11.1 Å². The summed E-state index contributed by atoms with van der Waals surface area (Å²) in [5.74, 6) is -0.960. The van der Waals surface area contributed by atoms with E-state index in [0.29, 0.717) is 50.7 Å². The van der Waals surface area contributed by atoms with E-state index in [-0.39, 0.29) is 33.3 Å². The number of carbonyl (C=O) groups excluding carboxylic acids is 3. The van der Waals surface area contributed by atoms with Crippen molar-refractivity contribution in [3.05, 3.63) is 203 Å². The lowest BCUT2D eigenvalue weighted by Gasteiger charge is -2.09. The van der Waals surface area contributed by atoms with Crippen LogP contribution in [0.1, 0.15) is 47.8 Å². The Labute approximate surface area is 392 Å². The Morgan fingerprint density at radius 3 is 1.40 bits per heavy atom. The van der Waals surface area contributed by atoms with Gasteiger partial charge in [-0.3, -0.25) is 29.8 Å². The highest BCUT2D eigenvalue weighted by Crippen LogP contribution is 2.20. The number of aryl methyl sites for hydroxylation is 3. The highest BCUT2D eigenvalue weighted by molar-refractivity contribution is 7.86. The Morgan fingerprint density at radius 1 is 0.574 bits per heavy atom. The molecule has 1 aromatic heterocycles. The molecule has 0 saturated heterocycles. The Hall–Kier alpha value is -8.43. The second-order valence-corrected chi connectivity index (χ2v) is 17.5. The molecule has 20 heteroatoms. The zero-order valence-corrected chi connectivity index (χ0v) is 38.2. The molecule has 0 fully saturated rings. The van der Waals surface area contributed by atoms with E-state index in [1.807, 2.05) is 37.7 Å². The summed E-state index contributed by atoms with van der Waals surface area (Å²) in [6.07, 6.45) is 3.66. The van der Waals surface area contributed by atoms with Crippen molar-refractivity contribution in [2.75, 3.05) is 21.4 Å². The van der Waals surface area contributed by atoms with Crippen LogP contribution in [0.5, 0.6) is 0 Å². The highest BCUT2D eigenvalue weighted by atomic mass is 32.2. The van der Waals surface area contributed by atoms with Crippen molar-refractivity contribution < 1.29 is 44.9 Å². The zero-order valence-electron chi connectivity index (χ0n) is 36.6. The Morgan fingerprint density at radius 2 is 0.971 bits per heavy atom. The standard InChI is InChI=1S/C34H29N9O3.2C7H8O3S/c1-43-20-2-3-30(21-43)39-34(46)24-6-4-23(5-7-24)32(44)37-26-12-10-25(11-13-26)33(45)38-27-16-18-29(19-17-27)41-42-40-28-14-8-22(9-15-28)31(35)36;2*1-6-2-4-7(5-3-6)11(8,9)10/h2-21H,1H3,(H6-,35,36,37,38,39,40,41,42,44,45,46);2*2-5H,1H3,(H,8,9,10). The number of nitrogens with two attached hydrogens (primary N) is 1. The van der Waals surface area contributed by atoms with Crippen LogP contribution in [0.2, 0.25) is 0 Å². The minimum atomic E-state index is -4.27. The van der Waals surface area contributed by atoms with Crippen molar-refractivity contribution in [1.29, 1.82) is 5.41 Å². The van der Waals surface area contributed by atoms with Crippen molar-refractivity contribution in [2.24, 2.45) is 23.1 Å². The van der Waals surface area contributed by atoms with Crippen molar-refractivity contribution in [3.8, 4) is 0 Å². The van der Waals surface area contributed by atoms with Crippen LogP contribution in [0.4, 0.5) is 28.4 Å². The molecule has 0 aliphatic heterocycles. The van der Waals surface area contributed by atoms with Gasteiger partial charge in [-0.15, -0.1) is 5.11 Å². The predicted molar refractivity (Wildman–Crippen MR) is 257 cm³/mol. The average molecular weight is 956 g/mol. The summed E-state index contributed by atoms with van der Waals surface area (Å²) in [7, 11) is -6.43. The molecule has 0 radical (unpaired) electrons. The summed E-state index contributed by atoms with van der Waals surface area (Å²) in [6, 6.07) is 41.9. The van der Waals surface area contributed by atoms with Crippen LogP contribution < -0.4 is 31.7 Å². The molecule has 7 rings (SSSR count). The minimum absolute atomic E-state index is 0.0112. The average Bonchev–Trinajstić information content (AvgIpc) is 3.30. The number of benzene rings is 6. The number of nitrogens with zero attached hydrogens (tertiary/aromatic N) is 3. The molecule has 6 aromatic carbocycles. The van der Waals surface area contributed by atoms with E-state index in [9.17, 15) is 35.8 Å². The zero-order chi connectivity index (χ0) is 49.4.